The van der Waals surface area contributed by atoms with Gasteiger partial charge < -0.3 is 57.8 Å². The molecule has 0 bridgehead atoms. The maximum atomic E-state index is 12.6. The second kappa shape index (κ2) is 41.9. The summed E-state index contributed by atoms with van der Waals surface area (Å²) in [4.78, 5) is 239. The first-order valence-corrected chi connectivity index (χ1v) is 42.1. The van der Waals surface area contributed by atoms with Gasteiger partial charge in [-0.25, -0.2) is 28.8 Å². The summed E-state index contributed by atoms with van der Waals surface area (Å²) in [5.41, 5.74) is -0.872. The minimum atomic E-state index is -0.634. The van der Waals surface area contributed by atoms with Gasteiger partial charge in [0.25, 0.3) is 70.9 Å². The molecule has 12 fully saturated rings. The number of likely N-dealkylation sites (N-methyl/N-ethyl adjacent to an activating group) is 15. The van der Waals surface area contributed by atoms with Crippen molar-refractivity contribution in [1.29, 1.82) is 0 Å². The van der Waals surface area contributed by atoms with Crippen molar-refractivity contribution in [2.75, 3.05) is 171 Å². The van der Waals surface area contributed by atoms with E-state index in [2.05, 4.69) is 51.3 Å². The van der Waals surface area contributed by atoms with Crippen LogP contribution in [-0.4, -0.2) is 394 Å². The second-order valence-electron chi connectivity index (χ2n) is 34.2. The maximum Gasteiger partial charge on any atom is 0.333 e. The fourth-order valence-corrected chi connectivity index (χ4v) is 14.2. The number of barbiturate groups is 6. The summed E-state index contributed by atoms with van der Waals surface area (Å²) in [6.45, 7) is 35.2. The normalized spacial score (nSPS) is 22.9. The highest BCUT2D eigenvalue weighted by Gasteiger charge is 2.47. The number of urea groups is 6. The largest absolute Gasteiger partial charge is 0.477 e. The molecule has 12 aliphatic rings. The fourth-order valence-electron chi connectivity index (χ4n) is 14.2. The minimum absolute atomic E-state index is 0.00398. The molecule has 0 saturated carbocycles. The van der Waals surface area contributed by atoms with E-state index in [0.29, 0.717) is 101 Å². The Hall–Kier alpha value is -13.9. The molecule has 0 atom stereocenters. The number of nitrogens with zero attached hydrogens (tertiary/aromatic N) is 18. The molecule has 24 amide bonds. The van der Waals surface area contributed by atoms with E-state index in [4.69, 9.17) is 28.4 Å². The summed E-state index contributed by atoms with van der Waals surface area (Å²) in [6.07, 6.45) is 19.4. The Balaban J connectivity index is 0.000000214. The monoisotopic (exact) mass is 1810 g/mol. The molecular weight excluding hydrogens is 1690 g/mol. The fraction of sp³-hybridized carbons (Fsp3) is 0.523. The Morgan fingerprint density at radius 2 is 0.531 bits per heavy atom. The molecule has 708 valence electrons. The standard InChI is InChI=1S/C18H27N3O4.C16H23N3O4.C15H21N3O4.C14H19N3O4.C13H17N3O4.C12H15N3O4/c1-6-10-20-15(22)13(16(23)21(11-7-2)17(20)24)8-9-14-19(5)18(3,4)12-25-14;1-10(2)19-12(23-9-16(19,3)4)8-7-11-13(20)17(5)15(22)18(6)14(11)21;1-6-18-11(22-9-15(18,2)3)8-7-10-12(19)16(4)14(21)17(5)13(10)20;1-14(2)8-21-10(17(14)5)7-6-9-11(18)15(3)13(20)16(4)12(9)19;1-4-16-7-8-20-10(16)6-5-9-11(17)14(2)13(19)15(3)12(9)18;1-13-6-7-19-9(13)5-4-8-10(16)14(2)12(18)15(3)11(8)17/h8-9H,6-7,10-12H2,1-5H3;7-8,10H,9H2,1-6H3;7-8H,6,9H2,1-5H3;6-7H,8H2,1-5H3;5-6H,4,7-8H2,1-3H3;4-5H,6-7H2,1-3H3/b14-9+;12-8+;11-8+;10-7+;10-6+;9-5+. The molecule has 130 heavy (non-hydrogen) atoms. The average molecular weight is 1820 g/mol. The highest BCUT2D eigenvalue weighted by molar-refractivity contribution is 6.32. The van der Waals surface area contributed by atoms with Crippen molar-refractivity contribution in [2.45, 2.75) is 138 Å². The van der Waals surface area contributed by atoms with E-state index in [1.165, 1.54) is 107 Å². The van der Waals surface area contributed by atoms with E-state index in [9.17, 15) is 86.3 Å². The summed E-state index contributed by atoms with van der Waals surface area (Å²) in [6, 6.07) is -3.47. The number of imide groups is 12. The zero-order chi connectivity index (χ0) is 97.9. The number of ether oxygens (including phenoxy) is 6. The molecule has 0 radical (unpaired) electrons. The van der Waals surface area contributed by atoms with Gasteiger partial charge in [0.1, 0.15) is 73.1 Å². The lowest BCUT2D eigenvalue weighted by molar-refractivity contribution is -0.137. The predicted molar refractivity (Wildman–Crippen MR) is 468 cm³/mol. The van der Waals surface area contributed by atoms with Crippen LogP contribution >= 0.6 is 0 Å². The third-order valence-corrected chi connectivity index (χ3v) is 22.7. The molecule has 12 saturated heterocycles. The van der Waals surface area contributed by atoms with Gasteiger partial charge in [-0.2, -0.15) is 0 Å². The number of allylic oxidation sites excluding steroid dienone is 12. The first-order chi connectivity index (χ1) is 60.6. The zero-order valence-electron chi connectivity index (χ0n) is 79.3. The Morgan fingerprint density at radius 1 is 0.277 bits per heavy atom. The van der Waals surface area contributed by atoms with E-state index < -0.39 is 107 Å². The van der Waals surface area contributed by atoms with E-state index in [1.54, 1.807) is 36.5 Å². The number of amides is 24. The molecule has 12 rings (SSSR count). The van der Waals surface area contributed by atoms with Crippen LogP contribution in [0.1, 0.15) is 110 Å². The third-order valence-electron chi connectivity index (χ3n) is 22.7. The minimum Gasteiger partial charge on any atom is -0.477 e. The van der Waals surface area contributed by atoms with Gasteiger partial charge in [-0.15, -0.1) is 0 Å². The summed E-state index contributed by atoms with van der Waals surface area (Å²) in [5, 5.41) is 0. The van der Waals surface area contributed by atoms with Gasteiger partial charge in [0.15, 0.2) is 35.3 Å². The molecule has 12 aliphatic heterocycles. The molecule has 12 heterocycles. The maximum absolute atomic E-state index is 12.6. The summed E-state index contributed by atoms with van der Waals surface area (Å²) in [5.74, 6) is -3.53. The number of carbonyl (C=O) groups is 18. The molecule has 0 aromatic carbocycles. The Morgan fingerprint density at radius 3 is 0.808 bits per heavy atom. The van der Waals surface area contributed by atoms with Crippen LogP contribution in [0.15, 0.2) is 142 Å². The Kier molecular flexibility index (Phi) is 33.3. The quantitative estimate of drug-likeness (QED) is 0.176. The SMILES string of the molecule is CC(C)N1/C(=C\C=C2C(=O)N(C)C(=O)N(C)C2=O)OCC1(C)C.CCCN1C(=O)C(=C/C=C2/OCC(C)(C)N2C)C(=O)N(CCC)C1=O.CCN1/C(=C\C=C2C(=O)N(C)C(=O)N(C)C2=O)OCC1(C)C.CCN1CCO/C1=C/C=C1C(=O)N(C)C(=O)N(C)C1=O.CN1C(=O)C(=C/C=C2/OCC(C)(C)N2C)C(=O)N(C)C1=O.CN1C(=O)C(=C/C=C2/OCCN2C)C(=O)N(C)C1=O. The molecule has 0 unspecified atom stereocenters. The number of hydrogen-bond acceptors (Lipinski definition) is 30. The lowest BCUT2D eigenvalue weighted by Gasteiger charge is -2.34. The van der Waals surface area contributed by atoms with E-state index in [0.717, 1.165) is 85.0 Å². The van der Waals surface area contributed by atoms with Crippen LogP contribution < -0.4 is 0 Å². The first-order valence-electron chi connectivity index (χ1n) is 42.1. The van der Waals surface area contributed by atoms with E-state index in [-0.39, 0.29) is 61.6 Å². The van der Waals surface area contributed by atoms with E-state index in [1.807, 2.05) is 96.1 Å². The Labute approximate surface area is 756 Å². The summed E-state index contributed by atoms with van der Waals surface area (Å²) >= 11 is 0. The third kappa shape index (κ3) is 21.9. The molecule has 0 spiro atoms. The van der Waals surface area contributed by atoms with Gasteiger partial charge >= 0.3 is 36.2 Å². The summed E-state index contributed by atoms with van der Waals surface area (Å²) in [7, 11) is 19.1. The van der Waals surface area contributed by atoms with Crippen molar-refractivity contribution in [2.24, 2.45) is 0 Å². The lowest BCUT2D eigenvalue weighted by Crippen LogP contribution is -2.56. The summed E-state index contributed by atoms with van der Waals surface area (Å²) < 4.78 is 33.3. The van der Waals surface area contributed by atoms with Gasteiger partial charge in [0.2, 0.25) is 0 Å². The number of hydrogen-bond donors (Lipinski definition) is 0. The van der Waals surface area contributed by atoms with Crippen molar-refractivity contribution in [1.82, 2.24) is 88.2 Å². The molecule has 0 aliphatic carbocycles. The van der Waals surface area contributed by atoms with Crippen LogP contribution in [0.3, 0.4) is 0 Å². The highest BCUT2D eigenvalue weighted by Crippen LogP contribution is 2.35. The number of rotatable bonds is 13. The van der Waals surface area contributed by atoms with Crippen LogP contribution in [0.2, 0.25) is 0 Å². The van der Waals surface area contributed by atoms with Crippen molar-refractivity contribution >= 4 is 107 Å². The van der Waals surface area contributed by atoms with Crippen molar-refractivity contribution < 1.29 is 115 Å². The molecule has 0 aromatic rings. The van der Waals surface area contributed by atoms with Gasteiger partial charge in [-0.1, -0.05) is 13.8 Å². The first kappa shape index (κ1) is 103. The highest BCUT2D eigenvalue weighted by atomic mass is 16.5. The van der Waals surface area contributed by atoms with Crippen LogP contribution in [0.4, 0.5) is 28.8 Å². The van der Waals surface area contributed by atoms with Gasteiger partial charge in [-0.05, 0) is 169 Å². The second-order valence-corrected chi connectivity index (χ2v) is 34.2. The van der Waals surface area contributed by atoms with Gasteiger partial charge in [0.05, 0.1) is 35.2 Å². The zero-order valence-corrected chi connectivity index (χ0v) is 79.3. The predicted octanol–water partition coefficient (Wildman–Crippen LogP) is 4.83. The van der Waals surface area contributed by atoms with Crippen LogP contribution in [-0.2, 0) is 86.0 Å². The Bertz CT molecular complexity index is 4870. The van der Waals surface area contributed by atoms with Crippen molar-refractivity contribution in [3.8, 4) is 0 Å². The van der Waals surface area contributed by atoms with Crippen LogP contribution in [0, 0.1) is 0 Å². The average Bonchev–Trinajstić information content (AvgIpc) is 1.01. The van der Waals surface area contributed by atoms with Crippen molar-refractivity contribution in [3.63, 3.8) is 0 Å². The lowest BCUT2D eigenvalue weighted by atomic mass is 10.0. The van der Waals surface area contributed by atoms with E-state index >= 15 is 0 Å². The van der Waals surface area contributed by atoms with Crippen LogP contribution in [0.5, 0.6) is 0 Å². The van der Waals surface area contributed by atoms with Gasteiger partial charge in [-0.3, -0.25) is 116 Å². The smallest absolute Gasteiger partial charge is 0.333 e. The number of carbonyl (C=O) groups excluding carboxylic acids is 18. The molecule has 42 heteroatoms. The van der Waals surface area contributed by atoms with Crippen molar-refractivity contribution in [3.05, 3.63) is 142 Å². The molecule has 0 aromatic heterocycles. The van der Waals surface area contributed by atoms with Crippen LogP contribution in [0.25, 0.3) is 0 Å². The topological polar surface area (TPSA) is 421 Å². The molecule has 0 N–H and O–H groups in total. The molecule has 42 nitrogen and oxygen atoms in total. The molecular formula is C88H122N18O24. The van der Waals surface area contributed by atoms with Gasteiger partial charge in [0, 0.05) is 124 Å².